The fourth-order valence-electron chi connectivity index (χ4n) is 2.51. The molecule has 0 bridgehead atoms. The molecule has 1 N–H and O–H groups in total. The molecule has 1 saturated heterocycles. The summed E-state index contributed by atoms with van der Waals surface area (Å²) in [6.45, 7) is 3.85. The van der Waals surface area contributed by atoms with Gasteiger partial charge in [0.15, 0.2) is 0 Å². The van der Waals surface area contributed by atoms with Crippen molar-refractivity contribution in [2.24, 2.45) is 5.92 Å². The highest BCUT2D eigenvalue weighted by atomic mass is 32.2. The molecular formula is C13H26N2O3S. The van der Waals surface area contributed by atoms with Crippen molar-refractivity contribution in [2.75, 3.05) is 32.4 Å². The Hall–Kier alpha value is -0.460. The van der Waals surface area contributed by atoms with E-state index in [9.17, 15) is 13.2 Å². The average Bonchev–Trinajstić information content (AvgIpc) is 2.35. The maximum Gasteiger partial charge on any atom is 0.208 e. The third-order valence-electron chi connectivity index (χ3n) is 3.67. The minimum atomic E-state index is -3.04. The normalized spacial score (nSPS) is 18.6. The van der Waals surface area contributed by atoms with E-state index in [1.807, 2.05) is 0 Å². The number of unbranched alkanes of at least 4 members (excludes halogenated alkanes) is 2. The second-order valence-electron chi connectivity index (χ2n) is 5.40. The van der Waals surface area contributed by atoms with E-state index in [0.29, 0.717) is 18.9 Å². The van der Waals surface area contributed by atoms with Gasteiger partial charge >= 0.3 is 0 Å². The Balaban J connectivity index is 2.06. The van der Waals surface area contributed by atoms with Crippen LogP contribution in [-0.2, 0) is 14.8 Å². The van der Waals surface area contributed by atoms with Crippen LogP contribution < -0.4 is 4.72 Å². The average molecular weight is 290 g/mol. The van der Waals surface area contributed by atoms with Gasteiger partial charge in [-0.25, -0.2) is 13.1 Å². The standard InChI is InChI=1S/C13H26N2O3S/c1-19(17,18)14-8-5-13-6-10-15(11-7-13)9-3-2-4-12-16/h12-14H,2-11H2,1H3. The number of sulfonamides is 1. The van der Waals surface area contributed by atoms with Gasteiger partial charge in [-0.15, -0.1) is 0 Å². The van der Waals surface area contributed by atoms with E-state index >= 15 is 0 Å². The first-order valence-corrected chi connectivity index (χ1v) is 9.01. The number of rotatable bonds is 9. The Kier molecular flexibility index (Phi) is 7.56. The van der Waals surface area contributed by atoms with Gasteiger partial charge in [0.2, 0.25) is 10.0 Å². The molecule has 1 heterocycles. The lowest BCUT2D eigenvalue weighted by molar-refractivity contribution is -0.107. The quantitative estimate of drug-likeness (QED) is 0.508. The van der Waals surface area contributed by atoms with Crippen molar-refractivity contribution in [1.29, 1.82) is 0 Å². The molecule has 0 aliphatic carbocycles. The Morgan fingerprint density at radius 3 is 2.53 bits per heavy atom. The zero-order chi connectivity index (χ0) is 14.1. The van der Waals surface area contributed by atoms with Crippen LogP contribution in [0.3, 0.4) is 0 Å². The number of piperidine rings is 1. The van der Waals surface area contributed by atoms with Crippen LogP contribution in [0.5, 0.6) is 0 Å². The Morgan fingerprint density at radius 2 is 1.95 bits per heavy atom. The Morgan fingerprint density at radius 1 is 1.26 bits per heavy atom. The predicted molar refractivity (Wildman–Crippen MR) is 76.5 cm³/mol. The van der Waals surface area contributed by atoms with Gasteiger partial charge in [-0.2, -0.15) is 0 Å². The molecule has 19 heavy (non-hydrogen) atoms. The minimum absolute atomic E-state index is 0.558. The van der Waals surface area contributed by atoms with Crippen molar-refractivity contribution in [3.63, 3.8) is 0 Å². The molecule has 0 unspecified atom stereocenters. The zero-order valence-electron chi connectivity index (χ0n) is 11.8. The highest BCUT2D eigenvalue weighted by molar-refractivity contribution is 7.88. The van der Waals surface area contributed by atoms with Crippen LogP contribution in [0.1, 0.15) is 38.5 Å². The van der Waals surface area contributed by atoms with Crippen molar-refractivity contribution >= 4 is 16.3 Å². The van der Waals surface area contributed by atoms with Gasteiger partial charge in [0.1, 0.15) is 6.29 Å². The molecule has 0 saturated carbocycles. The maximum absolute atomic E-state index is 11.0. The second kappa shape index (κ2) is 8.66. The van der Waals surface area contributed by atoms with Gasteiger partial charge in [-0.1, -0.05) is 0 Å². The van der Waals surface area contributed by atoms with E-state index in [1.165, 1.54) is 6.26 Å². The van der Waals surface area contributed by atoms with Crippen molar-refractivity contribution in [2.45, 2.75) is 38.5 Å². The Bertz CT molecular complexity index is 349. The monoisotopic (exact) mass is 290 g/mol. The van der Waals surface area contributed by atoms with Crippen LogP contribution >= 0.6 is 0 Å². The SMILES string of the molecule is CS(=O)(=O)NCCC1CCN(CCCCC=O)CC1. The number of hydrogen-bond donors (Lipinski definition) is 1. The first kappa shape index (κ1) is 16.6. The molecule has 1 fully saturated rings. The summed E-state index contributed by atoms with van der Waals surface area (Å²) in [5.41, 5.74) is 0. The third kappa shape index (κ3) is 8.34. The molecule has 5 nitrogen and oxygen atoms in total. The van der Waals surface area contributed by atoms with Gasteiger partial charge in [0, 0.05) is 13.0 Å². The second-order valence-corrected chi connectivity index (χ2v) is 7.24. The van der Waals surface area contributed by atoms with Crippen molar-refractivity contribution in [1.82, 2.24) is 9.62 Å². The maximum atomic E-state index is 11.0. The molecule has 1 aliphatic rings. The number of nitrogens with one attached hydrogen (secondary N) is 1. The van der Waals surface area contributed by atoms with Crippen LogP contribution in [-0.4, -0.2) is 52.0 Å². The minimum Gasteiger partial charge on any atom is -0.303 e. The summed E-state index contributed by atoms with van der Waals surface area (Å²) in [4.78, 5) is 12.7. The van der Waals surface area contributed by atoms with Crippen LogP contribution in [0.25, 0.3) is 0 Å². The smallest absolute Gasteiger partial charge is 0.208 e. The fraction of sp³-hybridized carbons (Fsp3) is 0.923. The van der Waals surface area contributed by atoms with E-state index < -0.39 is 10.0 Å². The highest BCUT2D eigenvalue weighted by Gasteiger charge is 2.18. The van der Waals surface area contributed by atoms with Crippen molar-refractivity contribution < 1.29 is 13.2 Å². The summed E-state index contributed by atoms with van der Waals surface area (Å²) in [6, 6.07) is 0. The number of carbonyl (C=O) groups excluding carboxylic acids is 1. The van der Waals surface area contributed by atoms with Crippen LogP contribution in [0.4, 0.5) is 0 Å². The summed E-state index contributed by atoms with van der Waals surface area (Å²) in [7, 11) is -3.04. The van der Waals surface area contributed by atoms with Gasteiger partial charge in [0.05, 0.1) is 6.26 Å². The molecule has 0 atom stereocenters. The van der Waals surface area contributed by atoms with E-state index in [2.05, 4.69) is 9.62 Å². The van der Waals surface area contributed by atoms with E-state index in [0.717, 1.165) is 58.0 Å². The zero-order valence-corrected chi connectivity index (χ0v) is 12.6. The number of likely N-dealkylation sites (tertiary alicyclic amines) is 1. The number of carbonyl (C=O) groups is 1. The van der Waals surface area contributed by atoms with Gasteiger partial charge in [-0.3, -0.25) is 0 Å². The van der Waals surface area contributed by atoms with Crippen molar-refractivity contribution in [3.8, 4) is 0 Å². The summed E-state index contributed by atoms with van der Waals surface area (Å²) in [6.07, 6.45) is 8.19. The van der Waals surface area contributed by atoms with Gasteiger partial charge in [-0.05, 0) is 57.7 Å². The molecule has 6 heteroatoms. The lowest BCUT2D eigenvalue weighted by Gasteiger charge is -2.31. The first-order chi connectivity index (χ1) is 9.01. The molecule has 1 aliphatic heterocycles. The van der Waals surface area contributed by atoms with E-state index in [-0.39, 0.29) is 0 Å². The summed E-state index contributed by atoms with van der Waals surface area (Å²) < 4.78 is 24.5. The molecule has 0 amide bonds. The third-order valence-corrected chi connectivity index (χ3v) is 4.40. The molecule has 1 rings (SSSR count). The van der Waals surface area contributed by atoms with Crippen LogP contribution in [0.15, 0.2) is 0 Å². The highest BCUT2D eigenvalue weighted by Crippen LogP contribution is 2.20. The largest absolute Gasteiger partial charge is 0.303 e. The van der Waals surface area contributed by atoms with Crippen LogP contribution in [0.2, 0.25) is 0 Å². The molecule has 0 radical (unpaired) electrons. The molecule has 0 aromatic rings. The van der Waals surface area contributed by atoms with Gasteiger partial charge in [0.25, 0.3) is 0 Å². The summed E-state index contributed by atoms with van der Waals surface area (Å²) in [5.74, 6) is 0.639. The van der Waals surface area contributed by atoms with Gasteiger partial charge < -0.3 is 9.69 Å². The van der Waals surface area contributed by atoms with Crippen molar-refractivity contribution in [3.05, 3.63) is 0 Å². The molecule has 0 aromatic carbocycles. The Labute approximate surface area is 116 Å². The molecule has 0 aromatic heterocycles. The van der Waals surface area contributed by atoms with E-state index in [1.54, 1.807) is 0 Å². The molecule has 112 valence electrons. The topological polar surface area (TPSA) is 66.5 Å². The molecule has 0 spiro atoms. The number of nitrogens with zero attached hydrogens (tertiary/aromatic N) is 1. The molecular weight excluding hydrogens is 264 g/mol. The predicted octanol–water partition coefficient (Wildman–Crippen LogP) is 1.01. The first-order valence-electron chi connectivity index (χ1n) is 7.12. The lowest BCUT2D eigenvalue weighted by Crippen LogP contribution is -2.35. The van der Waals surface area contributed by atoms with Crippen LogP contribution in [0, 0.1) is 5.92 Å². The van der Waals surface area contributed by atoms with E-state index in [4.69, 9.17) is 0 Å². The fourth-order valence-corrected chi connectivity index (χ4v) is 3.00. The number of aldehydes is 1. The lowest BCUT2D eigenvalue weighted by atomic mass is 9.93. The summed E-state index contributed by atoms with van der Waals surface area (Å²) in [5, 5.41) is 0. The number of hydrogen-bond acceptors (Lipinski definition) is 4. The summed E-state index contributed by atoms with van der Waals surface area (Å²) >= 11 is 0.